The highest BCUT2D eigenvalue weighted by Crippen LogP contribution is 2.27. The van der Waals surface area contributed by atoms with Gasteiger partial charge in [-0.3, -0.25) is 0 Å². The number of thiophene rings is 1. The fraction of sp³-hybridized carbons (Fsp3) is 0.462. The van der Waals surface area contributed by atoms with E-state index in [4.69, 9.17) is 4.42 Å². The molecule has 0 bridgehead atoms. The fourth-order valence-corrected chi connectivity index (χ4v) is 2.50. The number of oxazole rings is 1. The van der Waals surface area contributed by atoms with Crippen LogP contribution in [0, 0.1) is 6.92 Å². The van der Waals surface area contributed by atoms with Gasteiger partial charge in [-0.1, -0.05) is 6.92 Å². The van der Waals surface area contributed by atoms with E-state index in [2.05, 4.69) is 34.9 Å². The van der Waals surface area contributed by atoms with E-state index in [9.17, 15) is 0 Å². The topological polar surface area (TPSA) is 38.1 Å². The first-order valence-electron chi connectivity index (χ1n) is 6.00. The molecule has 0 saturated carbocycles. The maximum absolute atomic E-state index is 5.74. The van der Waals surface area contributed by atoms with Crippen LogP contribution in [0.2, 0.25) is 0 Å². The van der Waals surface area contributed by atoms with Gasteiger partial charge in [-0.15, -0.1) is 0 Å². The van der Waals surface area contributed by atoms with Crippen molar-refractivity contribution in [2.45, 2.75) is 26.7 Å². The van der Waals surface area contributed by atoms with Crippen LogP contribution in [0.1, 0.15) is 24.8 Å². The Kier molecular flexibility index (Phi) is 4.34. The minimum atomic E-state index is 0.814. The van der Waals surface area contributed by atoms with Gasteiger partial charge in [-0.2, -0.15) is 11.3 Å². The van der Waals surface area contributed by atoms with Gasteiger partial charge in [0.15, 0.2) is 11.7 Å². The van der Waals surface area contributed by atoms with E-state index in [0.29, 0.717) is 0 Å². The number of hydrogen-bond acceptors (Lipinski definition) is 4. The monoisotopic (exact) mass is 250 g/mol. The molecular formula is C13H18N2OS. The highest BCUT2D eigenvalue weighted by molar-refractivity contribution is 7.08. The van der Waals surface area contributed by atoms with Gasteiger partial charge in [0.1, 0.15) is 0 Å². The van der Waals surface area contributed by atoms with Crippen molar-refractivity contribution in [2.75, 3.05) is 13.1 Å². The number of hydrogen-bond donors (Lipinski definition) is 1. The van der Waals surface area contributed by atoms with Crippen LogP contribution in [-0.2, 0) is 6.42 Å². The maximum Gasteiger partial charge on any atom is 0.196 e. The van der Waals surface area contributed by atoms with Crippen molar-refractivity contribution >= 4 is 11.3 Å². The zero-order chi connectivity index (χ0) is 12.1. The summed E-state index contributed by atoms with van der Waals surface area (Å²) in [4.78, 5) is 4.31. The van der Waals surface area contributed by atoms with Crippen molar-refractivity contribution in [1.29, 1.82) is 0 Å². The molecule has 0 radical (unpaired) electrons. The molecule has 0 aliphatic heterocycles. The lowest BCUT2D eigenvalue weighted by Gasteiger charge is -1.99. The lowest BCUT2D eigenvalue weighted by Crippen LogP contribution is -2.17. The fourth-order valence-electron chi connectivity index (χ4n) is 1.66. The Balaban J connectivity index is 1.95. The number of rotatable bonds is 6. The lowest BCUT2D eigenvalue weighted by atomic mass is 10.2. The Bertz CT molecular complexity index is 461. The van der Waals surface area contributed by atoms with Crippen LogP contribution in [0.4, 0.5) is 0 Å². The van der Waals surface area contributed by atoms with Crippen LogP contribution in [-0.4, -0.2) is 18.1 Å². The summed E-state index contributed by atoms with van der Waals surface area (Å²) in [6.07, 6.45) is 3.83. The predicted molar refractivity (Wildman–Crippen MR) is 71.4 cm³/mol. The first-order valence-corrected chi connectivity index (χ1v) is 6.94. The van der Waals surface area contributed by atoms with E-state index in [1.54, 1.807) is 11.3 Å². The summed E-state index contributed by atoms with van der Waals surface area (Å²) in [7, 11) is 0. The molecule has 0 atom stereocenters. The predicted octanol–water partition coefficient (Wildman–Crippen LogP) is 3.25. The standard InChI is InChI=1S/C13H18N2OS/c1-3-5-14-6-4-13-15-7-12(16-13)11-9-17-8-10(11)2/h7-9,14H,3-6H2,1-2H3. The molecule has 0 saturated heterocycles. The van der Waals surface area contributed by atoms with Crippen molar-refractivity contribution in [3.63, 3.8) is 0 Å². The average molecular weight is 250 g/mol. The average Bonchev–Trinajstić information content (AvgIpc) is 2.93. The molecule has 0 spiro atoms. The molecule has 2 aromatic heterocycles. The van der Waals surface area contributed by atoms with Gasteiger partial charge < -0.3 is 9.73 Å². The summed E-state index contributed by atoms with van der Waals surface area (Å²) in [5.41, 5.74) is 2.41. The van der Waals surface area contributed by atoms with Crippen LogP contribution in [0.25, 0.3) is 11.3 Å². The Labute approximate surface area is 106 Å². The molecule has 2 rings (SSSR count). The van der Waals surface area contributed by atoms with Crippen molar-refractivity contribution < 1.29 is 4.42 Å². The highest BCUT2D eigenvalue weighted by Gasteiger charge is 2.09. The normalized spacial score (nSPS) is 10.9. The van der Waals surface area contributed by atoms with Crippen LogP contribution in [0.5, 0.6) is 0 Å². The minimum absolute atomic E-state index is 0.814. The van der Waals surface area contributed by atoms with Crippen molar-refractivity contribution in [2.24, 2.45) is 0 Å². The van der Waals surface area contributed by atoms with E-state index < -0.39 is 0 Å². The van der Waals surface area contributed by atoms with Gasteiger partial charge >= 0.3 is 0 Å². The van der Waals surface area contributed by atoms with Crippen molar-refractivity contribution in [1.82, 2.24) is 10.3 Å². The third-order valence-electron chi connectivity index (χ3n) is 2.62. The second-order valence-corrected chi connectivity index (χ2v) is 4.83. The Morgan fingerprint density at radius 3 is 2.94 bits per heavy atom. The molecule has 92 valence electrons. The van der Waals surface area contributed by atoms with Crippen LogP contribution < -0.4 is 5.32 Å². The summed E-state index contributed by atoms with van der Waals surface area (Å²) < 4.78 is 5.74. The summed E-state index contributed by atoms with van der Waals surface area (Å²) in [6.45, 7) is 6.24. The van der Waals surface area contributed by atoms with E-state index in [-0.39, 0.29) is 0 Å². The van der Waals surface area contributed by atoms with Crippen LogP contribution in [0.3, 0.4) is 0 Å². The molecular weight excluding hydrogens is 232 g/mol. The van der Waals surface area contributed by atoms with E-state index >= 15 is 0 Å². The summed E-state index contributed by atoms with van der Waals surface area (Å²) in [6, 6.07) is 0. The van der Waals surface area contributed by atoms with Gasteiger partial charge in [-0.25, -0.2) is 4.98 Å². The van der Waals surface area contributed by atoms with Crippen molar-refractivity contribution in [3.05, 3.63) is 28.4 Å². The third-order valence-corrected chi connectivity index (χ3v) is 3.48. The molecule has 0 aliphatic carbocycles. The first-order chi connectivity index (χ1) is 8.31. The van der Waals surface area contributed by atoms with Gasteiger partial charge in [0.05, 0.1) is 6.20 Å². The molecule has 0 amide bonds. The molecule has 2 aromatic rings. The maximum atomic E-state index is 5.74. The second kappa shape index (κ2) is 5.98. The number of aromatic nitrogens is 1. The lowest BCUT2D eigenvalue weighted by molar-refractivity contribution is 0.495. The van der Waals surface area contributed by atoms with Gasteiger partial charge in [0.25, 0.3) is 0 Å². The Morgan fingerprint density at radius 2 is 2.24 bits per heavy atom. The zero-order valence-corrected chi connectivity index (χ0v) is 11.1. The molecule has 4 heteroatoms. The zero-order valence-electron chi connectivity index (χ0n) is 10.3. The summed E-state index contributed by atoms with van der Waals surface area (Å²) in [5, 5.41) is 7.57. The Morgan fingerprint density at radius 1 is 1.35 bits per heavy atom. The largest absolute Gasteiger partial charge is 0.441 e. The minimum Gasteiger partial charge on any atom is -0.441 e. The third kappa shape index (κ3) is 3.17. The quantitative estimate of drug-likeness (QED) is 0.800. The van der Waals surface area contributed by atoms with E-state index in [0.717, 1.165) is 43.1 Å². The molecule has 0 unspecified atom stereocenters. The Hall–Kier alpha value is -1.13. The van der Waals surface area contributed by atoms with Gasteiger partial charge in [0, 0.05) is 23.9 Å². The molecule has 3 nitrogen and oxygen atoms in total. The highest BCUT2D eigenvalue weighted by atomic mass is 32.1. The molecule has 17 heavy (non-hydrogen) atoms. The molecule has 0 aromatic carbocycles. The molecule has 1 N–H and O–H groups in total. The SMILES string of the molecule is CCCNCCc1ncc(-c2cscc2C)o1. The smallest absolute Gasteiger partial charge is 0.196 e. The summed E-state index contributed by atoms with van der Waals surface area (Å²) >= 11 is 1.69. The summed E-state index contributed by atoms with van der Waals surface area (Å²) in [5.74, 6) is 1.70. The number of nitrogens with one attached hydrogen (secondary N) is 1. The van der Waals surface area contributed by atoms with E-state index in [1.165, 1.54) is 5.56 Å². The molecule has 0 fully saturated rings. The van der Waals surface area contributed by atoms with E-state index in [1.807, 2.05) is 6.20 Å². The van der Waals surface area contributed by atoms with Gasteiger partial charge in [-0.05, 0) is 30.8 Å². The second-order valence-electron chi connectivity index (χ2n) is 4.09. The van der Waals surface area contributed by atoms with Gasteiger partial charge in [0.2, 0.25) is 0 Å². The molecule has 2 heterocycles. The number of nitrogens with zero attached hydrogens (tertiary/aromatic N) is 1. The number of aryl methyl sites for hydroxylation is 1. The molecule has 0 aliphatic rings. The van der Waals surface area contributed by atoms with Crippen LogP contribution in [0.15, 0.2) is 21.4 Å². The first kappa shape index (κ1) is 12.3. The van der Waals surface area contributed by atoms with Crippen molar-refractivity contribution in [3.8, 4) is 11.3 Å². The van der Waals surface area contributed by atoms with Crippen LogP contribution >= 0.6 is 11.3 Å².